The third-order valence-corrected chi connectivity index (χ3v) is 6.98. The Kier molecular flexibility index (Phi) is 6.20. The molecule has 6 aromatic rings. The van der Waals surface area contributed by atoms with Gasteiger partial charge in [0.05, 0.1) is 11.1 Å². The van der Waals surface area contributed by atoms with Gasteiger partial charge in [0, 0.05) is 11.1 Å². The molecule has 0 fully saturated rings. The molecule has 4 nitrogen and oxygen atoms in total. The fraction of sp³-hybridized carbons (Fsp3) is 0.0294. The van der Waals surface area contributed by atoms with Crippen LogP contribution in [0.3, 0.4) is 0 Å². The summed E-state index contributed by atoms with van der Waals surface area (Å²) in [6.45, 7) is 0. The Morgan fingerprint density at radius 1 is 0.553 bits per heavy atom. The van der Waals surface area contributed by atoms with E-state index in [2.05, 4.69) is 125 Å². The van der Waals surface area contributed by atoms with Crippen LogP contribution in [0.25, 0.3) is 17.1 Å². The molecule has 1 heterocycles. The quantitative estimate of drug-likeness (QED) is 0.176. The molecule has 0 atom stereocenters. The summed E-state index contributed by atoms with van der Waals surface area (Å²) in [7, 11) is 0. The predicted octanol–water partition coefficient (Wildman–Crippen LogP) is 7.13. The molecule has 5 aromatic carbocycles. The number of nitrogens with zero attached hydrogens (tertiary/aromatic N) is 3. The summed E-state index contributed by atoms with van der Waals surface area (Å²) in [6.07, 6.45) is 2.55. The van der Waals surface area contributed by atoms with Crippen LogP contribution < -0.4 is 0 Å². The average Bonchev–Trinajstić information content (AvgIpc) is 3.50. The maximum absolute atomic E-state index is 11.0. The fourth-order valence-electron chi connectivity index (χ4n) is 5.16. The molecule has 0 spiro atoms. The second-order valence-corrected chi connectivity index (χ2v) is 9.15. The summed E-state index contributed by atoms with van der Waals surface area (Å²) in [5.74, 6) is 0.610. The lowest BCUT2D eigenvalue weighted by Crippen LogP contribution is -2.31. The molecule has 0 aliphatic heterocycles. The van der Waals surface area contributed by atoms with Crippen LogP contribution in [0.4, 0.5) is 0 Å². The summed E-state index contributed by atoms with van der Waals surface area (Å²) in [5, 5.41) is 4.69. The van der Waals surface area contributed by atoms with Gasteiger partial charge in [-0.2, -0.15) is 0 Å². The van der Waals surface area contributed by atoms with Crippen molar-refractivity contribution < 1.29 is 4.79 Å². The van der Waals surface area contributed by atoms with Crippen LogP contribution in [-0.4, -0.2) is 21.1 Å². The van der Waals surface area contributed by atoms with Gasteiger partial charge >= 0.3 is 0 Å². The van der Waals surface area contributed by atoms with Crippen molar-refractivity contribution in [3.05, 3.63) is 174 Å². The highest BCUT2D eigenvalue weighted by Crippen LogP contribution is 2.45. The first-order chi connectivity index (χ1) is 18.8. The van der Waals surface area contributed by atoms with E-state index in [1.54, 1.807) is 23.1 Å². The van der Waals surface area contributed by atoms with E-state index < -0.39 is 5.41 Å². The topological polar surface area (TPSA) is 47.8 Å². The minimum Gasteiger partial charge on any atom is -0.298 e. The summed E-state index contributed by atoms with van der Waals surface area (Å²) >= 11 is 0. The maximum atomic E-state index is 11.0. The zero-order chi connectivity index (χ0) is 25.8. The van der Waals surface area contributed by atoms with Gasteiger partial charge in [0.15, 0.2) is 5.82 Å². The molecule has 0 saturated heterocycles. The van der Waals surface area contributed by atoms with E-state index in [0.717, 1.165) is 23.1 Å². The third-order valence-electron chi connectivity index (χ3n) is 6.98. The van der Waals surface area contributed by atoms with Crippen molar-refractivity contribution in [2.24, 2.45) is 0 Å². The van der Waals surface area contributed by atoms with Crippen LogP contribution in [0, 0.1) is 0 Å². The van der Waals surface area contributed by atoms with Gasteiger partial charge in [-0.05, 0) is 34.4 Å². The van der Waals surface area contributed by atoms with Crippen molar-refractivity contribution >= 4 is 6.29 Å². The van der Waals surface area contributed by atoms with Gasteiger partial charge in [-0.25, -0.2) is 9.67 Å². The highest BCUT2D eigenvalue weighted by Gasteiger charge is 2.38. The largest absolute Gasteiger partial charge is 0.298 e. The molecule has 0 unspecified atom stereocenters. The molecule has 0 saturated carbocycles. The zero-order valence-electron chi connectivity index (χ0n) is 20.7. The van der Waals surface area contributed by atoms with E-state index in [9.17, 15) is 4.79 Å². The Hall–Kier alpha value is -5.09. The molecule has 38 heavy (non-hydrogen) atoms. The van der Waals surface area contributed by atoms with Crippen molar-refractivity contribution in [3.63, 3.8) is 0 Å². The summed E-state index contributed by atoms with van der Waals surface area (Å²) in [5.41, 5.74) is 6.68. The van der Waals surface area contributed by atoms with Crippen LogP contribution in [0.15, 0.2) is 146 Å². The molecule has 4 heteroatoms. The summed E-state index contributed by atoms with van der Waals surface area (Å²) < 4.78 is 1.78. The predicted molar refractivity (Wildman–Crippen MR) is 150 cm³/mol. The second-order valence-electron chi connectivity index (χ2n) is 9.15. The SMILES string of the molecule is O=Cc1ccc(-c2ncn(-c3ccc(C(c4ccccc4)(c4ccccc4)c4ccccc4)cc3)n2)cc1. The molecular weight excluding hydrogens is 466 g/mol. The van der Waals surface area contributed by atoms with Crippen molar-refractivity contribution in [1.29, 1.82) is 0 Å². The lowest BCUT2D eigenvalue weighted by Gasteiger charge is -2.37. The number of rotatable bonds is 7. The first-order valence-electron chi connectivity index (χ1n) is 12.5. The monoisotopic (exact) mass is 491 g/mol. The lowest BCUT2D eigenvalue weighted by atomic mass is 9.65. The molecule has 0 N–H and O–H groups in total. The van der Waals surface area contributed by atoms with Crippen LogP contribution in [0.2, 0.25) is 0 Å². The van der Waals surface area contributed by atoms with Crippen molar-refractivity contribution in [1.82, 2.24) is 14.8 Å². The number of aldehydes is 1. The number of benzene rings is 5. The Balaban J connectivity index is 1.46. The van der Waals surface area contributed by atoms with Crippen LogP contribution >= 0.6 is 0 Å². The molecular formula is C34H25N3O. The van der Waals surface area contributed by atoms with Crippen LogP contribution in [-0.2, 0) is 5.41 Å². The van der Waals surface area contributed by atoms with Gasteiger partial charge in [0.25, 0.3) is 0 Å². The Labute approximate surface area is 221 Å². The molecule has 0 aliphatic rings. The maximum Gasteiger partial charge on any atom is 0.181 e. The standard InChI is InChI=1S/C34H25N3O/c38-24-26-16-18-27(19-17-26)33-35-25-37(36-33)32-22-20-31(21-23-32)34(28-10-4-1-5-11-28,29-12-6-2-7-13-29)30-14-8-3-9-15-30/h1-25H. The van der Waals surface area contributed by atoms with Gasteiger partial charge in [-0.15, -0.1) is 5.10 Å². The highest BCUT2D eigenvalue weighted by molar-refractivity contribution is 5.76. The molecule has 1 aromatic heterocycles. The normalized spacial score (nSPS) is 11.3. The summed E-state index contributed by atoms with van der Waals surface area (Å²) in [4.78, 5) is 15.5. The van der Waals surface area contributed by atoms with Gasteiger partial charge in [-0.3, -0.25) is 4.79 Å². The van der Waals surface area contributed by atoms with Crippen molar-refractivity contribution in [2.45, 2.75) is 5.41 Å². The highest BCUT2D eigenvalue weighted by atomic mass is 16.1. The summed E-state index contributed by atoms with van der Waals surface area (Å²) in [6, 6.07) is 47.8. The minimum atomic E-state index is -0.490. The molecule has 0 amide bonds. The van der Waals surface area contributed by atoms with E-state index in [0.29, 0.717) is 11.4 Å². The number of hydrogen-bond donors (Lipinski definition) is 0. The molecule has 0 bridgehead atoms. The smallest absolute Gasteiger partial charge is 0.181 e. The number of carbonyl (C=O) groups is 1. The van der Waals surface area contributed by atoms with E-state index in [1.807, 2.05) is 12.1 Å². The Bertz CT molecular complexity index is 1540. The number of aromatic nitrogens is 3. The van der Waals surface area contributed by atoms with E-state index in [4.69, 9.17) is 0 Å². The first-order valence-corrected chi connectivity index (χ1v) is 12.5. The van der Waals surface area contributed by atoms with E-state index in [-0.39, 0.29) is 0 Å². The molecule has 0 radical (unpaired) electrons. The Morgan fingerprint density at radius 3 is 1.50 bits per heavy atom. The van der Waals surface area contributed by atoms with Crippen LogP contribution in [0.1, 0.15) is 32.6 Å². The molecule has 6 rings (SSSR count). The third kappa shape index (κ3) is 4.12. The first kappa shape index (κ1) is 23.3. The van der Waals surface area contributed by atoms with Crippen molar-refractivity contribution in [2.75, 3.05) is 0 Å². The number of carbonyl (C=O) groups excluding carboxylic acids is 1. The van der Waals surface area contributed by atoms with Gasteiger partial charge in [0.2, 0.25) is 0 Å². The van der Waals surface area contributed by atoms with Crippen LogP contribution in [0.5, 0.6) is 0 Å². The second kappa shape index (κ2) is 10.1. The molecule has 0 aliphatic carbocycles. The van der Waals surface area contributed by atoms with E-state index >= 15 is 0 Å². The Morgan fingerprint density at radius 2 is 1.03 bits per heavy atom. The average molecular weight is 492 g/mol. The van der Waals surface area contributed by atoms with Gasteiger partial charge in [0.1, 0.15) is 12.6 Å². The van der Waals surface area contributed by atoms with Gasteiger partial charge < -0.3 is 0 Å². The van der Waals surface area contributed by atoms with Crippen molar-refractivity contribution in [3.8, 4) is 17.1 Å². The fourth-order valence-corrected chi connectivity index (χ4v) is 5.16. The van der Waals surface area contributed by atoms with E-state index in [1.165, 1.54) is 16.7 Å². The zero-order valence-corrected chi connectivity index (χ0v) is 20.7. The molecule has 182 valence electrons. The lowest BCUT2D eigenvalue weighted by molar-refractivity contribution is 0.112. The minimum absolute atomic E-state index is 0.490. The number of hydrogen-bond acceptors (Lipinski definition) is 3. The van der Waals surface area contributed by atoms with Gasteiger partial charge in [-0.1, -0.05) is 127 Å².